The molecule has 0 bridgehead atoms. The molecule has 0 saturated heterocycles. The van der Waals surface area contributed by atoms with E-state index in [1.807, 2.05) is 25.1 Å². The maximum absolute atomic E-state index is 13.1. The number of para-hydroxylation sites is 1. The third kappa shape index (κ3) is 3.08. The van der Waals surface area contributed by atoms with Crippen LogP contribution in [0.15, 0.2) is 77.9 Å². The Morgan fingerprint density at radius 3 is 2.44 bits per heavy atom. The van der Waals surface area contributed by atoms with Crippen LogP contribution >= 0.6 is 0 Å². The Kier molecular flexibility index (Phi) is 4.22. The number of aryl methyl sites for hydroxylation is 1. The number of hydrogen-bond donors (Lipinski definition) is 1. The van der Waals surface area contributed by atoms with E-state index in [-0.39, 0.29) is 11.5 Å². The van der Waals surface area contributed by atoms with E-state index in [1.54, 1.807) is 54.9 Å². The van der Waals surface area contributed by atoms with Crippen molar-refractivity contribution in [1.29, 1.82) is 0 Å². The third-order valence-corrected chi connectivity index (χ3v) is 4.32. The molecule has 27 heavy (non-hydrogen) atoms. The molecule has 132 valence electrons. The minimum Gasteiger partial charge on any atom is -0.267 e. The average Bonchev–Trinajstić information content (AvgIpc) is 2.71. The van der Waals surface area contributed by atoms with Crippen LogP contribution in [0.25, 0.3) is 22.3 Å². The van der Waals surface area contributed by atoms with E-state index in [0.717, 1.165) is 5.56 Å². The van der Waals surface area contributed by atoms with E-state index in [0.29, 0.717) is 27.9 Å². The first-order chi connectivity index (χ1) is 13.1. The normalized spacial score (nSPS) is 10.7. The molecule has 6 nitrogen and oxygen atoms in total. The SMILES string of the molecule is Cc1ccccc1C(=O)Nn1c(-c2ccncc2)nc2ccccc2c1=O. The summed E-state index contributed by atoms with van der Waals surface area (Å²) in [7, 11) is 0. The number of rotatable bonds is 3. The molecule has 2 aromatic carbocycles. The Hall–Kier alpha value is -3.80. The molecule has 0 unspecified atom stereocenters. The molecule has 0 aliphatic heterocycles. The van der Waals surface area contributed by atoms with Gasteiger partial charge in [0, 0.05) is 23.5 Å². The number of hydrogen-bond acceptors (Lipinski definition) is 4. The van der Waals surface area contributed by atoms with Crippen LogP contribution in [0, 0.1) is 6.92 Å². The lowest BCUT2D eigenvalue weighted by Gasteiger charge is -2.15. The molecular formula is C21H16N4O2. The molecule has 2 aromatic heterocycles. The molecule has 4 aromatic rings. The van der Waals surface area contributed by atoms with E-state index in [1.165, 1.54) is 4.68 Å². The highest BCUT2D eigenvalue weighted by Crippen LogP contribution is 2.17. The largest absolute Gasteiger partial charge is 0.280 e. The summed E-state index contributed by atoms with van der Waals surface area (Å²) >= 11 is 0. The molecule has 0 fully saturated rings. The molecule has 6 heteroatoms. The van der Waals surface area contributed by atoms with Crippen molar-refractivity contribution in [1.82, 2.24) is 14.6 Å². The van der Waals surface area contributed by atoms with Crippen molar-refractivity contribution >= 4 is 16.8 Å². The minimum absolute atomic E-state index is 0.339. The summed E-state index contributed by atoms with van der Waals surface area (Å²) < 4.78 is 1.20. The van der Waals surface area contributed by atoms with Gasteiger partial charge in [-0.15, -0.1) is 0 Å². The topological polar surface area (TPSA) is 76.9 Å². The fourth-order valence-electron chi connectivity index (χ4n) is 2.92. The minimum atomic E-state index is -0.373. The smallest absolute Gasteiger partial charge is 0.267 e. The summed E-state index contributed by atoms with van der Waals surface area (Å²) in [5.74, 6) is -0.0226. The van der Waals surface area contributed by atoms with Crippen molar-refractivity contribution in [2.75, 3.05) is 5.43 Å². The van der Waals surface area contributed by atoms with Crippen molar-refractivity contribution < 1.29 is 4.79 Å². The first-order valence-electron chi connectivity index (χ1n) is 8.44. The molecule has 1 N–H and O–H groups in total. The van der Waals surface area contributed by atoms with Gasteiger partial charge in [-0.1, -0.05) is 30.3 Å². The van der Waals surface area contributed by atoms with E-state index < -0.39 is 0 Å². The molecule has 4 rings (SSSR count). The molecule has 1 amide bonds. The summed E-state index contributed by atoms with van der Waals surface area (Å²) in [6.45, 7) is 1.85. The fourth-order valence-corrected chi connectivity index (χ4v) is 2.92. The van der Waals surface area contributed by atoms with E-state index in [9.17, 15) is 9.59 Å². The highest BCUT2D eigenvalue weighted by molar-refractivity contribution is 6.01. The summed E-state index contributed by atoms with van der Waals surface area (Å²) in [5.41, 5.74) is 4.93. The number of benzene rings is 2. The summed E-state index contributed by atoms with van der Waals surface area (Å²) in [6.07, 6.45) is 3.23. The molecule has 0 atom stereocenters. The van der Waals surface area contributed by atoms with Gasteiger partial charge in [0.1, 0.15) is 0 Å². The van der Waals surface area contributed by atoms with Gasteiger partial charge in [-0.2, -0.15) is 4.68 Å². The van der Waals surface area contributed by atoms with Gasteiger partial charge in [0.15, 0.2) is 5.82 Å². The standard InChI is InChI=1S/C21H16N4O2/c1-14-6-2-3-7-16(14)20(26)24-25-19(15-10-12-22-13-11-15)23-18-9-5-4-8-17(18)21(25)27/h2-13H,1H3,(H,24,26). The number of carbonyl (C=O) groups excluding carboxylic acids is 1. The van der Waals surface area contributed by atoms with Gasteiger partial charge in [-0.3, -0.25) is 20.0 Å². The van der Waals surface area contributed by atoms with Crippen molar-refractivity contribution in [3.8, 4) is 11.4 Å². The fraction of sp³-hybridized carbons (Fsp3) is 0.0476. The second-order valence-corrected chi connectivity index (χ2v) is 6.08. The zero-order valence-corrected chi connectivity index (χ0v) is 14.6. The van der Waals surface area contributed by atoms with Crippen molar-refractivity contribution in [3.63, 3.8) is 0 Å². The van der Waals surface area contributed by atoms with Gasteiger partial charge >= 0.3 is 0 Å². The predicted octanol–water partition coefficient (Wildman–Crippen LogP) is 3.15. The van der Waals surface area contributed by atoms with Crippen LogP contribution in [0.1, 0.15) is 15.9 Å². The van der Waals surface area contributed by atoms with Gasteiger partial charge in [-0.05, 0) is 42.8 Å². The Balaban J connectivity index is 1.90. The number of amides is 1. The van der Waals surface area contributed by atoms with Gasteiger partial charge in [0.25, 0.3) is 11.5 Å². The highest BCUT2D eigenvalue weighted by Gasteiger charge is 2.16. The van der Waals surface area contributed by atoms with Crippen LogP contribution in [0.5, 0.6) is 0 Å². The number of carbonyl (C=O) groups is 1. The number of pyridine rings is 1. The Bertz CT molecular complexity index is 1200. The molecular weight excluding hydrogens is 340 g/mol. The summed E-state index contributed by atoms with van der Waals surface area (Å²) in [5, 5.41) is 0.431. The number of nitrogens with one attached hydrogen (secondary N) is 1. The third-order valence-electron chi connectivity index (χ3n) is 4.32. The van der Waals surface area contributed by atoms with Gasteiger partial charge in [-0.25, -0.2) is 4.98 Å². The molecule has 0 radical (unpaired) electrons. The molecule has 0 saturated carbocycles. The van der Waals surface area contributed by atoms with Crippen molar-refractivity contribution in [2.24, 2.45) is 0 Å². The predicted molar refractivity (Wildman–Crippen MR) is 104 cm³/mol. The van der Waals surface area contributed by atoms with E-state index >= 15 is 0 Å². The lowest BCUT2D eigenvalue weighted by atomic mass is 10.1. The molecule has 0 spiro atoms. The van der Waals surface area contributed by atoms with E-state index in [4.69, 9.17) is 0 Å². The summed E-state index contributed by atoms with van der Waals surface area (Å²) in [4.78, 5) is 34.5. The van der Waals surface area contributed by atoms with Gasteiger partial charge in [0.05, 0.1) is 10.9 Å². The lowest BCUT2D eigenvalue weighted by molar-refractivity contribution is 0.101. The summed E-state index contributed by atoms with van der Waals surface area (Å²) in [6, 6.07) is 17.8. The highest BCUT2D eigenvalue weighted by atomic mass is 16.2. The zero-order valence-electron chi connectivity index (χ0n) is 14.6. The van der Waals surface area contributed by atoms with Crippen LogP contribution in [-0.2, 0) is 0 Å². The number of fused-ring (bicyclic) bond motifs is 1. The van der Waals surface area contributed by atoms with Crippen molar-refractivity contribution in [2.45, 2.75) is 6.92 Å². The maximum Gasteiger partial charge on any atom is 0.280 e. The van der Waals surface area contributed by atoms with Crippen LogP contribution in [-0.4, -0.2) is 20.6 Å². The second kappa shape index (κ2) is 6.84. The van der Waals surface area contributed by atoms with Crippen LogP contribution in [0.2, 0.25) is 0 Å². The second-order valence-electron chi connectivity index (χ2n) is 6.08. The van der Waals surface area contributed by atoms with Gasteiger partial charge < -0.3 is 0 Å². The van der Waals surface area contributed by atoms with Crippen LogP contribution in [0.3, 0.4) is 0 Å². The zero-order chi connectivity index (χ0) is 18.8. The molecule has 0 aliphatic rings. The number of nitrogens with zero attached hydrogens (tertiary/aromatic N) is 3. The molecule has 0 aliphatic carbocycles. The Morgan fingerprint density at radius 1 is 0.963 bits per heavy atom. The van der Waals surface area contributed by atoms with Crippen LogP contribution < -0.4 is 11.0 Å². The van der Waals surface area contributed by atoms with Crippen LogP contribution in [0.4, 0.5) is 0 Å². The lowest BCUT2D eigenvalue weighted by Crippen LogP contribution is -2.35. The van der Waals surface area contributed by atoms with Gasteiger partial charge in [0.2, 0.25) is 0 Å². The Morgan fingerprint density at radius 2 is 1.67 bits per heavy atom. The number of aromatic nitrogens is 3. The average molecular weight is 356 g/mol. The monoisotopic (exact) mass is 356 g/mol. The quantitative estimate of drug-likeness (QED) is 0.612. The maximum atomic E-state index is 13.1. The van der Waals surface area contributed by atoms with Crippen molar-refractivity contribution in [3.05, 3.63) is 94.5 Å². The Labute approximate surface area is 155 Å². The molecule has 2 heterocycles. The first-order valence-corrected chi connectivity index (χ1v) is 8.44. The first kappa shape index (κ1) is 16.7. The van der Waals surface area contributed by atoms with E-state index in [2.05, 4.69) is 15.4 Å².